The lowest BCUT2D eigenvalue weighted by Crippen LogP contribution is -2.02. The maximum absolute atomic E-state index is 13.5. The molecular weight excluding hydrogens is 324 g/mol. The highest BCUT2D eigenvalue weighted by Gasteiger charge is 2.19. The second kappa shape index (κ2) is 6.86. The van der Waals surface area contributed by atoms with Crippen molar-refractivity contribution >= 4 is 17.5 Å². The van der Waals surface area contributed by atoms with Gasteiger partial charge < -0.3 is 9.84 Å². The highest BCUT2D eigenvalue weighted by molar-refractivity contribution is 6.07. The van der Waals surface area contributed by atoms with Crippen molar-refractivity contribution in [2.75, 3.05) is 7.11 Å². The van der Waals surface area contributed by atoms with Crippen LogP contribution >= 0.6 is 0 Å². The van der Waals surface area contributed by atoms with Crippen LogP contribution in [0.25, 0.3) is 6.08 Å². The van der Waals surface area contributed by atoms with E-state index >= 15 is 0 Å². The van der Waals surface area contributed by atoms with Crippen molar-refractivity contribution in [3.05, 3.63) is 69.3 Å². The van der Waals surface area contributed by atoms with Crippen LogP contribution in [0.4, 0.5) is 14.5 Å². The number of nitro benzene ring substituents is 1. The van der Waals surface area contributed by atoms with Crippen LogP contribution in [0.1, 0.15) is 15.9 Å². The van der Waals surface area contributed by atoms with Crippen LogP contribution in [0, 0.1) is 21.7 Å². The number of phenolic OH excluding ortho intramolecular Hbond substituents is 1. The van der Waals surface area contributed by atoms with Crippen molar-refractivity contribution in [1.82, 2.24) is 0 Å². The Morgan fingerprint density at radius 1 is 1.29 bits per heavy atom. The molecule has 0 aliphatic carbocycles. The average Bonchev–Trinajstić information content (AvgIpc) is 2.53. The second-order valence-electron chi connectivity index (χ2n) is 4.64. The Labute approximate surface area is 134 Å². The third-order valence-corrected chi connectivity index (χ3v) is 3.13. The molecule has 24 heavy (non-hydrogen) atoms. The van der Waals surface area contributed by atoms with E-state index in [0.29, 0.717) is 0 Å². The van der Waals surface area contributed by atoms with Crippen LogP contribution in [0.15, 0.2) is 36.4 Å². The molecule has 2 aromatic rings. The largest absolute Gasteiger partial charge is 0.500 e. The predicted molar refractivity (Wildman–Crippen MR) is 81.0 cm³/mol. The van der Waals surface area contributed by atoms with Crippen LogP contribution in [0.2, 0.25) is 0 Å². The lowest BCUT2D eigenvalue weighted by atomic mass is 10.1. The Balaban J connectivity index is 2.40. The number of carbonyl (C=O) groups is 1. The fourth-order valence-corrected chi connectivity index (χ4v) is 1.99. The van der Waals surface area contributed by atoms with Crippen molar-refractivity contribution in [1.29, 1.82) is 0 Å². The van der Waals surface area contributed by atoms with Gasteiger partial charge in [-0.25, -0.2) is 8.78 Å². The van der Waals surface area contributed by atoms with Crippen LogP contribution in [0.5, 0.6) is 11.5 Å². The number of phenols is 1. The fourth-order valence-electron chi connectivity index (χ4n) is 1.99. The molecule has 0 fully saturated rings. The summed E-state index contributed by atoms with van der Waals surface area (Å²) in [5.74, 6) is -3.81. The summed E-state index contributed by atoms with van der Waals surface area (Å²) in [7, 11) is 1.20. The summed E-state index contributed by atoms with van der Waals surface area (Å²) in [6.45, 7) is 0. The molecular formula is C16H11F2NO5. The van der Waals surface area contributed by atoms with Gasteiger partial charge in [0.2, 0.25) is 5.75 Å². The number of halogens is 2. The lowest BCUT2D eigenvalue weighted by molar-refractivity contribution is -0.386. The van der Waals surface area contributed by atoms with E-state index < -0.39 is 39.3 Å². The number of benzene rings is 2. The van der Waals surface area contributed by atoms with E-state index in [0.717, 1.165) is 36.4 Å². The molecule has 0 radical (unpaired) electrons. The number of hydrogen-bond donors (Lipinski definition) is 1. The summed E-state index contributed by atoms with van der Waals surface area (Å²) in [4.78, 5) is 22.0. The number of methoxy groups -OCH3 is 1. The Bertz CT molecular complexity index is 828. The molecule has 0 saturated heterocycles. The topological polar surface area (TPSA) is 89.7 Å². The summed E-state index contributed by atoms with van der Waals surface area (Å²) in [6.07, 6.45) is 2.00. The zero-order chi connectivity index (χ0) is 17.9. The Morgan fingerprint density at radius 2 is 1.92 bits per heavy atom. The quantitative estimate of drug-likeness (QED) is 0.391. The van der Waals surface area contributed by atoms with Crippen molar-refractivity contribution in [2.45, 2.75) is 0 Å². The molecule has 0 aliphatic heterocycles. The molecule has 0 spiro atoms. The van der Waals surface area contributed by atoms with Gasteiger partial charge in [-0.2, -0.15) is 0 Å². The van der Waals surface area contributed by atoms with Gasteiger partial charge in [-0.3, -0.25) is 14.9 Å². The zero-order valence-corrected chi connectivity index (χ0v) is 12.3. The van der Waals surface area contributed by atoms with Crippen LogP contribution in [0.3, 0.4) is 0 Å². The van der Waals surface area contributed by atoms with Crippen molar-refractivity contribution in [3.63, 3.8) is 0 Å². The van der Waals surface area contributed by atoms with E-state index in [2.05, 4.69) is 0 Å². The van der Waals surface area contributed by atoms with Crippen LogP contribution in [-0.2, 0) is 0 Å². The first kappa shape index (κ1) is 17.1. The molecule has 0 saturated carbocycles. The van der Waals surface area contributed by atoms with Gasteiger partial charge in [0, 0.05) is 6.07 Å². The number of nitro groups is 1. The zero-order valence-electron chi connectivity index (χ0n) is 12.3. The normalized spacial score (nSPS) is 10.8. The first-order valence-electron chi connectivity index (χ1n) is 6.57. The Kier molecular flexibility index (Phi) is 4.88. The minimum atomic E-state index is -1.01. The summed E-state index contributed by atoms with van der Waals surface area (Å²) in [5.41, 5.74) is -1.21. The average molecular weight is 335 g/mol. The molecule has 1 N–H and O–H groups in total. The van der Waals surface area contributed by atoms with Crippen molar-refractivity contribution in [3.8, 4) is 11.5 Å². The molecule has 0 bridgehead atoms. The van der Waals surface area contributed by atoms with Gasteiger partial charge in [0.25, 0.3) is 0 Å². The van der Waals surface area contributed by atoms with Crippen LogP contribution < -0.4 is 4.74 Å². The molecule has 0 aromatic heterocycles. The Hall–Kier alpha value is -3.29. The van der Waals surface area contributed by atoms with E-state index in [4.69, 9.17) is 4.74 Å². The molecule has 8 heteroatoms. The van der Waals surface area contributed by atoms with E-state index in [1.54, 1.807) is 0 Å². The van der Waals surface area contributed by atoms with Gasteiger partial charge in [0.1, 0.15) is 11.6 Å². The van der Waals surface area contributed by atoms with Gasteiger partial charge in [-0.15, -0.1) is 0 Å². The van der Waals surface area contributed by atoms with Gasteiger partial charge in [-0.1, -0.05) is 12.1 Å². The van der Waals surface area contributed by atoms with Gasteiger partial charge in [-0.05, 0) is 29.8 Å². The van der Waals surface area contributed by atoms with Crippen molar-refractivity contribution < 1.29 is 28.3 Å². The summed E-state index contributed by atoms with van der Waals surface area (Å²) < 4.78 is 31.9. The summed E-state index contributed by atoms with van der Waals surface area (Å²) in [6, 6.07) is 5.25. The molecule has 0 unspecified atom stereocenters. The number of aromatic hydroxyl groups is 1. The molecule has 2 rings (SSSR count). The summed E-state index contributed by atoms with van der Waals surface area (Å²) >= 11 is 0. The first-order chi connectivity index (χ1) is 11.3. The maximum Gasteiger partial charge on any atom is 0.315 e. The molecule has 0 aliphatic rings. The molecule has 0 amide bonds. The monoisotopic (exact) mass is 335 g/mol. The predicted octanol–water partition coefficient (Wildman–Crippen LogP) is 3.48. The number of ketones is 1. The molecule has 6 nitrogen and oxygen atoms in total. The number of rotatable bonds is 5. The molecule has 124 valence electrons. The second-order valence-corrected chi connectivity index (χ2v) is 4.64. The van der Waals surface area contributed by atoms with Gasteiger partial charge >= 0.3 is 5.69 Å². The maximum atomic E-state index is 13.5. The first-order valence-corrected chi connectivity index (χ1v) is 6.57. The molecule has 0 atom stereocenters. The Morgan fingerprint density at radius 3 is 2.46 bits per heavy atom. The van der Waals surface area contributed by atoms with Crippen molar-refractivity contribution in [2.24, 2.45) is 0 Å². The minimum absolute atomic E-state index is 0.140. The third kappa shape index (κ3) is 3.37. The van der Waals surface area contributed by atoms with Gasteiger partial charge in [0.05, 0.1) is 17.6 Å². The number of allylic oxidation sites excluding steroid dienone is 1. The highest BCUT2D eigenvalue weighted by atomic mass is 19.1. The lowest BCUT2D eigenvalue weighted by Gasteiger charge is -2.05. The summed E-state index contributed by atoms with van der Waals surface area (Å²) in [5, 5.41) is 20.5. The number of carbonyl (C=O) groups excluding carboxylic acids is 1. The number of hydrogen-bond acceptors (Lipinski definition) is 5. The smallest absolute Gasteiger partial charge is 0.315 e. The SMILES string of the molecule is COc1cc(/C=C/C(=O)c2c(F)cccc2F)cc([N+](=O)[O-])c1O. The highest BCUT2D eigenvalue weighted by Crippen LogP contribution is 2.37. The van der Waals surface area contributed by atoms with E-state index in [1.165, 1.54) is 13.2 Å². The van der Waals surface area contributed by atoms with E-state index in [-0.39, 0.29) is 11.3 Å². The standard InChI is InChI=1S/C16H11F2NO5/c1-24-14-8-9(7-12(16(14)21)19(22)23)5-6-13(20)15-10(17)3-2-4-11(15)18/h2-8,21H,1H3/b6-5+. The fraction of sp³-hybridized carbons (Fsp3) is 0.0625. The van der Waals surface area contributed by atoms with Gasteiger partial charge in [0.15, 0.2) is 11.5 Å². The number of nitrogens with zero attached hydrogens (tertiary/aromatic N) is 1. The van der Waals surface area contributed by atoms with E-state index in [1.807, 2.05) is 0 Å². The minimum Gasteiger partial charge on any atom is -0.500 e. The number of ether oxygens (including phenoxy) is 1. The van der Waals surface area contributed by atoms with E-state index in [9.17, 15) is 28.8 Å². The van der Waals surface area contributed by atoms with Crippen LogP contribution in [-0.4, -0.2) is 22.9 Å². The molecule has 0 heterocycles. The third-order valence-electron chi connectivity index (χ3n) is 3.13. The molecule has 2 aromatic carbocycles.